The molecule has 0 amide bonds. The van der Waals surface area contributed by atoms with Crippen molar-refractivity contribution < 1.29 is 14.6 Å². The lowest BCUT2D eigenvalue weighted by Gasteiger charge is -2.11. The second kappa shape index (κ2) is 7.48. The van der Waals surface area contributed by atoms with Crippen molar-refractivity contribution in [1.29, 1.82) is 0 Å². The molecule has 132 valence electrons. The first-order valence-corrected chi connectivity index (χ1v) is 8.26. The number of nitrogens with zero attached hydrogens (tertiary/aromatic N) is 3. The van der Waals surface area contributed by atoms with Gasteiger partial charge in [-0.3, -0.25) is 4.99 Å². The molecule has 3 rings (SSSR count). The summed E-state index contributed by atoms with van der Waals surface area (Å²) in [4.78, 5) is 20.3. The van der Waals surface area contributed by atoms with Crippen LogP contribution in [-0.2, 0) is 17.7 Å². The summed E-state index contributed by atoms with van der Waals surface area (Å²) in [7, 11) is 1.39. The SMILES string of the molecule is COC(=O)c1ccc(C)cc1CCCn1cnc2c1NC=NCC2O. The molecule has 0 saturated carbocycles. The van der Waals surface area contributed by atoms with Crippen LogP contribution < -0.4 is 5.32 Å². The van der Waals surface area contributed by atoms with Crippen molar-refractivity contribution in [2.75, 3.05) is 19.0 Å². The van der Waals surface area contributed by atoms with E-state index in [-0.39, 0.29) is 5.97 Å². The lowest BCUT2D eigenvalue weighted by atomic mass is 10.0. The Hall–Kier alpha value is -2.67. The molecule has 0 saturated heterocycles. The number of carbonyl (C=O) groups excluding carboxylic acids is 1. The molecule has 0 bridgehead atoms. The van der Waals surface area contributed by atoms with Gasteiger partial charge in [0, 0.05) is 6.54 Å². The Bertz CT molecular complexity index is 798. The van der Waals surface area contributed by atoms with Crippen LogP contribution in [0.15, 0.2) is 29.5 Å². The highest BCUT2D eigenvalue weighted by molar-refractivity contribution is 5.91. The topological polar surface area (TPSA) is 88.7 Å². The molecule has 0 radical (unpaired) electrons. The molecule has 1 unspecified atom stereocenters. The summed E-state index contributed by atoms with van der Waals surface area (Å²) in [6.45, 7) is 3.03. The van der Waals surface area contributed by atoms with Gasteiger partial charge in [0.05, 0.1) is 31.9 Å². The Balaban J connectivity index is 1.71. The number of fused-ring (bicyclic) bond motifs is 1. The molecule has 0 aliphatic carbocycles. The van der Waals surface area contributed by atoms with E-state index in [0.29, 0.717) is 24.3 Å². The van der Waals surface area contributed by atoms with Crippen LogP contribution in [-0.4, -0.2) is 40.6 Å². The Morgan fingerprint density at radius 1 is 1.48 bits per heavy atom. The minimum absolute atomic E-state index is 0.308. The van der Waals surface area contributed by atoms with Crippen LogP contribution in [0.25, 0.3) is 0 Å². The third-order valence-electron chi connectivity index (χ3n) is 4.26. The molecule has 7 heteroatoms. The largest absolute Gasteiger partial charge is 0.465 e. The van der Waals surface area contributed by atoms with Crippen molar-refractivity contribution in [1.82, 2.24) is 9.55 Å². The van der Waals surface area contributed by atoms with E-state index in [2.05, 4.69) is 15.3 Å². The number of aromatic nitrogens is 2. The fraction of sp³-hybridized carbons (Fsp3) is 0.389. The average molecular weight is 342 g/mol. The minimum Gasteiger partial charge on any atom is -0.465 e. The molecule has 7 nitrogen and oxygen atoms in total. The molecule has 2 N–H and O–H groups in total. The predicted octanol–water partition coefficient (Wildman–Crippen LogP) is 2.10. The number of rotatable bonds is 5. The van der Waals surface area contributed by atoms with Gasteiger partial charge in [-0.05, 0) is 31.4 Å². The molecule has 1 aliphatic heterocycles. The van der Waals surface area contributed by atoms with E-state index < -0.39 is 6.10 Å². The third-order valence-corrected chi connectivity index (χ3v) is 4.26. The summed E-state index contributed by atoms with van der Waals surface area (Å²) in [5.41, 5.74) is 3.31. The number of hydrogen-bond acceptors (Lipinski definition) is 6. The van der Waals surface area contributed by atoms with Gasteiger partial charge in [0.25, 0.3) is 0 Å². The number of benzene rings is 1. The molecule has 1 atom stereocenters. The monoisotopic (exact) mass is 342 g/mol. The number of hydrogen-bond donors (Lipinski definition) is 2. The van der Waals surface area contributed by atoms with Crippen molar-refractivity contribution in [2.45, 2.75) is 32.4 Å². The van der Waals surface area contributed by atoms with Gasteiger partial charge in [-0.1, -0.05) is 17.7 Å². The zero-order chi connectivity index (χ0) is 17.8. The molecule has 1 aliphatic rings. The summed E-state index contributed by atoms with van der Waals surface area (Å²) in [6.07, 6.45) is 4.19. The van der Waals surface area contributed by atoms with Gasteiger partial charge in [-0.2, -0.15) is 0 Å². The molecule has 1 aromatic heterocycles. The van der Waals surface area contributed by atoms with Crippen LogP contribution in [0.1, 0.15) is 39.7 Å². The lowest BCUT2D eigenvalue weighted by Crippen LogP contribution is -2.09. The van der Waals surface area contributed by atoms with Crippen LogP contribution in [0.3, 0.4) is 0 Å². The Morgan fingerprint density at radius 3 is 3.12 bits per heavy atom. The summed E-state index contributed by atoms with van der Waals surface area (Å²) >= 11 is 0. The van der Waals surface area contributed by atoms with Crippen LogP contribution in [0.4, 0.5) is 5.82 Å². The molecule has 1 aromatic carbocycles. The van der Waals surface area contributed by atoms with E-state index in [1.807, 2.05) is 29.7 Å². The standard InChI is InChI=1S/C18H22N4O3/c1-12-5-6-14(18(24)25-2)13(8-12)4-3-7-22-11-21-16-15(23)9-19-10-20-17(16)22/h5-6,8,10-11,15,23H,3-4,7,9H2,1-2H3,(H,19,20). The van der Waals surface area contributed by atoms with E-state index in [1.54, 1.807) is 12.7 Å². The summed E-state index contributed by atoms with van der Waals surface area (Å²) in [5.74, 6) is 0.457. The van der Waals surface area contributed by atoms with E-state index in [0.717, 1.165) is 29.8 Å². The first-order valence-electron chi connectivity index (χ1n) is 8.26. The quantitative estimate of drug-likeness (QED) is 0.812. The highest BCUT2D eigenvalue weighted by atomic mass is 16.5. The number of aliphatic hydroxyl groups is 1. The molecular formula is C18H22N4O3. The first-order chi connectivity index (χ1) is 12.1. The van der Waals surface area contributed by atoms with Gasteiger partial charge in [0.1, 0.15) is 17.6 Å². The van der Waals surface area contributed by atoms with Crippen LogP contribution >= 0.6 is 0 Å². The van der Waals surface area contributed by atoms with Gasteiger partial charge < -0.3 is 19.7 Å². The number of imidazole rings is 1. The molecule has 25 heavy (non-hydrogen) atoms. The second-order valence-corrected chi connectivity index (χ2v) is 6.08. The summed E-state index contributed by atoms with van der Waals surface area (Å²) < 4.78 is 6.82. The number of anilines is 1. The van der Waals surface area contributed by atoms with Gasteiger partial charge in [-0.15, -0.1) is 0 Å². The fourth-order valence-electron chi connectivity index (χ4n) is 2.99. The maximum atomic E-state index is 11.9. The van der Waals surface area contributed by atoms with Gasteiger partial charge >= 0.3 is 5.97 Å². The van der Waals surface area contributed by atoms with Crippen molar-refractivity contribution in [2.24, 2.45) is 4.99 Å². The van der Waals surface area contributed by atoms with Crippen LogP contribution in [0.5, 0.6) is 0 Å². The number of aliphatic imine (C=N–C) groups is 1. The highest BCUT2D eigenvalue weighted by Gasteiger charge is 2.20. The molecule has 2 heterocycles. The van der Waals surface area contributed by atoms with E-state index >= 15 is 0 Å². The Kier molecular flexibility index (Phi) is 5.14. The molecule has 2 aromatic rings. The van der Waals surface area contributed by atoms with E-state index in [1.165, 1.54) is 7.11 Å². The predicted molar refractivity (Wildman–Crippen MR) is 95.0 cm³/mol. The van der Waals surface area contributed by atoms with E-state index in [9.17, 15) is 9.90 Å². The number of esters is 1. The van der Waals surface area contributed by atoms with Gasteiger partial charge in [0.15, 0.2) is 0 Å². The number of methoxy groups -OCH3 is 1. The summed E-state index contributed by atoms with van der Waals surface area (Å²) in [5, 5.41) is 13.1. The van der Waals surface area contributed by atoms with E-state index in [4.69, 9.17) is 4.74 Å². The maximum Gasteiger partial charge on any atom is 0.338 e. The zero-order valence-electron chi connectivity index (χ0n) is 14.4. The first kappa shape index (κ1) is 17.2. The number of ether oxygens (including phenoxy) is 1. The van der Waals surface area contributed by atoms with Crippen molar-refractivity contribution in [3.63, 3.8) is 0 Å². The Labute approximate surface area is 146 Å². The molecule has 0 spiro atoms. The highest BCUT2D eigenvalue weighted by Crippen LogP contribution is 2.24. The average Bonchev–Trinajstić information content (AvgIpc) is 2.91. The van der Waals surface area contributed by atoms with Crippen molar-refractivity contribution in [3.8, 4) is 0 Å². The van der Waals surface area contributed by atoms with Crippen LogP contribution in [0.2, 0.25) is 0 Å². The number of nitrogens with one attached hydrogen (secondary N) is 1. The number of aryl methyl sites for hydroxylation is 3. The van der Waals surface area contributed by atoms with Crippen molar-refractivity contribution in [3.05, 3.63) is 46.9 Å². The minimum atomic E-state index is -0.690. The van der Waals surface area contributed by atoms with Crippen molar-refractivity contribution >= 4 is 18.1 Å². The second-order valence-electron chi connectivity index (χ2n) is 6.08. The summed E-state index contributed by atoms with van der Waals surface area (Å²) in [6, 6.07) is 5.75. The number of carbonyl (C=O) groups is 1. The lowest BCUT2D eigenvalue weighted by molar-refractivity contribution is 0.0599. The third kappa shape index (κ3) is 3.71. The molecule has 0 fully saturated rings. The van der Waals surface area contributed by atoms with Crippen LogP contribution in [0, 0.1) is 6.92 Å². The maximum absolute atomic E-state index is 11.9. The van der Waals surface area contributed by atoms with Gasteiger partial charge in [0.2, 0.25) is 0 Å². The van der Waals surface area contributed by atoms with Gasteiger partial charge in [-0.25, -0.2) is 9.78 Å². The number of aliphatic hydroxyl groups excluding tert-OH is 1. The zero-order valence-corrected chi connectivity index (χ0v) is 14.4. The Morgan fingerprint density at radius 2 is 2.32 bits per heavy atom. The normalized spacial score (nSPS) is 16.0. The molecular weight excluding hydrogens is 320 g/mol. The smallest absolute Gasteiger partial charge is 0.338 e. The fourth-order valence-corrected chi connectivity index (χ4v) is 2.99.